The average molecular weight is 339 g/mol. The van der Waals surface area contributed by atoms with Gasteiger partial charge in [0.2, 0.25) is 0 Å². The second-order valence-electron chi connectivity index (χ2n) is 6.00. The van der Waals surface area contributed by atoms with Crippen molar-refractivity contribution in [2.24, 2.45) is 0 Å². The van der Waals surface area contributed by atoms with Gasteiger partial charge in [0.15, 0.2) is 11.5 Å². The number of hydrogen-bond donors (Lipinski definition) is 0. The van der Waals surface area contributed by atoms with E-state index in [1.165, 1.54) is 0 Å². The minimum Gasteiger partial charge on any atom is -0.493 e. The number of aryl methyl sites for hydroxylation is 1. The van der Waals surface area contributed by atoms with Gasteiger partial charge in [0, 0.05) is 29.9 Å². The van der Waals surface area contributed by atoms with Crippen LogP contribution in [0.2, 0.25) is 0 Å². The predicted octanol–water partition coefficient (Wildman–Crippen LogP) is 2.92. The van der Waals surface area contributed by atoms with Crippen molar-refractivity contribution in [1.82, 2.24) is 14.5 Å². The number of methoxy groups -OCH3 is 2. The van der Waals surface area contributed by atoms with Crippen LogP contribution in [0, 0.1) is 6.92 Å². The predicted molar refractivity (Wildman–Crippen MR) is 96.5 cm³/mol. The standard InChI is InChI=1S/C19H21N3O3/c1-12-6-5-7-14(21-12)8-13(2)22-11-20-16-10-18(25-4)17(24-3)9-15(16)19(22)23/h5-7,9-11,13H,8H2,1-4H3. The second kappa shape index (κ2) is 6.93. The van der Waals surface area contributed by atoms with Gasteiger partial charge < -0.3 is 9.47 Å². The van der Waals surface area contributed by atoms with E-state index in [1.807, 2.05) is 32.0 Å². The quantitative estimate of drug-likeness (QED) is 0.715. The van der Waals surface area contributed by atoms with Crippen LogP contribution in [0.1, 0.15) is 24.4 Å². The summed E-state index contributed by atoms with van der Waals surface area (Å²) in [4.78, 5) is 21.8. The molecule has 2 heterocycles. The highest BCUT2D eigenvalue weighted by Gasteiger charge is 2.14. The van der Waals surface area contributed by atoms with Gasteiger partial charge in [0.1, 0.15) is 0 Å². The van der Waals surface area contributed by atoms with Crippen LogP contribution in [0.3, 0.4) is 0 Å². The lowest BCUT2D eigenvalue weighted by Gasteiger charge is -2.16. The lowest BCUT2D eigenvalue weighted by Crippen LogP contribution is -2.25. The molecule has 3 rings (SSSR count). The molecular weight excluding hydrogens is 318 g/mol. The van der Waals surface area contributed by atoms with Crippen molar-refractivity contribution < 1.29 is 9.47 Å². The highest BCUT2D eigenvalue weighted by Crippen LogP contribution is 2.30. The van der Waals surface area contributed by atoms with Gasteiger partial charge in [-0.3, -0.25) is 14.3 Å². The maximum atomic E-state index is 12.9. The molecule has 0 saturated carbocycles. The molecular formula is C19H21N3O3. The molecule has 1 unspecified atom stereocenters. The Kier molecular flexibility index (Phi) is 4.70. The number of rotatable bonds is 5. The van der Waals surface area contributed by atoms with E-state index in [9.17, 15) is 4.79 Å². The molecule has 3 aromatic rings. The highest BCUT2D eigenvalue weighted by molar-refractivity contribution is 5.81. The Morgan fingerprint density at radius 1 is 1.16 bits per heavy atom. The van der Waals surface area contributed by atoms with E-state index in [0.29, 0.717) is 28.8 Å². The number of hydrogen-bond acceptors (Lipinski definition) is 5. The van der Waals surface area contributed by atoms with E-state index >= 15 is 0 Å². The summed E-state index contributed by atoms with van der Waals surface area (Å²) in [5.41, 5.74) is 2.39. The van der Waals surface area contributed by atoms with Crippen LogP contribution < -0.4 is 15.0 Å². The van der Waals surface area contributed by atoms with E-state index in [0.717, 1.165) is 11.4 Å². The first-order valence-electron chi connectivity index (χ1n) is 8.09. The monoisotopic (exact) mass is 339 g/mol. The molecule has 0 radical (unpaired) electrons. The first-order valence-corrected chi connectivity index (χ1v) is 8.09. The van der Waals surface area contributed by atoms with E-state index in [2.05, 4.69) is 9.97 Å². The van der Waals surface area contributed by atoms with E-state index in [1.54, 1.807) is 37.2 Å². The lowest BCUT2D eigenvalue weighted by atomic mass is 10.1. The Morgan fingerprint density at radius 3 is 2.56 bits per heavy atom. The smallest absolute Gasteiger partial charge is 0.261 e. The minimum absolute atomic E-state index is 0.0632. The van der Waals surface area contributed by atoms with Crippen LogP contribution in [0.15, 0.2) is 41.5 Å². The Morgan fingerprint density at radius 2 is 1.88 bits per heavy atom. The summed E-state index contributed by atoms with van der Waals surface area (Å²) in [6, 6.07) is 9.23. The highest BCUT2D eigenvalue weighted by atomic mass is 16.5. The van der Waals surface area contributed by atoms with Crippen molar-refractivity contribution in [2.75, 3.05) is 14.2 Å². The van der Waals surface area contributed by atoms with Gasteiger partial charge in [-0.2, -0.15) is 0 Å². The molecule has 2 aromatic heterocycles. The molecule has 0 bridgehead atoms. The third kappa shape index (κ3) is 3.33. The van der Waals surface area contributed by atoms with Crippen molar-refractivity contribution in [3.8, 4) is 11.5 Å². The van der Waals surface area contributed by atoms with E-state index < -0.39 is 0 Å². The van der Waals surface area contributed by atoms with Crippen LogP contribution in [-0.4, -0.2) is 28.8 Å². The summed E-state index contributed by atoms with van der Waals surface area (Å²) in [5, 5.41) is 0.504. The second-order valence-corrected chi connectivity index (χ2v) is 6.00. The van der Waals surface area contributed by atoms with Gasteiger partial charge in [-0.05, 0) is 32.0 Å². The van der Waals surface area contributed by atoms with E-state index in [-0.39, 0.29) is 11.6 Å². The topological polar surface area (TPSA) is 66.2 Å². The van der Waals surface area contributed by atoms with Crippen LogP contribution in [0.25, 0.3) is 10.9 Å². The summed E-state index contributed by atoms with van der Waals surface area (Å²) in [6.07, 6.45) is 2.24. The Bertz CT molecular complexity index is 966. The molecule has 0 fully saturated rings. The molecule has 1 atom stereocenters. The molecule has 1 aromatic carbocycles. The summed E-state index contributed by atoms with van der Waals surface area (Å²) >= 11 is 0. The molecule has 25 heavy (non-hydrogen) atoms. The van der Waals surface area contributed by atoms with Crippen LogP contribution in [0.4, 0.5) is 0 Å². The molecule has 130 valence electrons. The summed E-state index contributed by atoms with van der Waals surface area (Å²) in [7, 11) is 3.10. The number of aromatic nitrogens is 3. The van der Waals surface area contributed by atoms with Crippen LogP contribution in [-0.2, 0) is 6.42 Å². The molecule has 0 aliphatic rings. The van der Waals surface area contributed by atoms with Gasteiger partial charge in [-0.15, -0.1) is 0 Å². The number of ether oxygens (including phenoxy) is 2. The van der Waals surface area contributed by atoms with Gasteiger partial charge in [-0.1, -0.05) is 6.07 Å². The summed E-state index contributed by atoms with van der Waals surface area (Å²) in [6.45, 7) is 3.94. The largest absolute Gasteiger partial charge is 0.493 e. The van der Waals surface area contributed by atoms with Crippen molar-refractivity contribution in [3.05, 3.63) is 58.4 Å². The molecule has 0 aliphatic heterocycles. The van der Waals surface area contributed by atoms with Gasteiger partial charge in [0.05, 0.1) is 31.4 Å². The first kappa shape index (κ1) is 17.0. The summed E-state index contributed by atoms with van der Waals surface area (Å²) in [5.74, 6) is 1.07. The van der Waals surface area contributed by atoms with Crippen LogP contribution >= 0.6 is 0 Å². The van der Waals surface area contributed by atoms with Gasteiger partial charge >= 0.3 is 0 Å². The lowest BCUT2D eigenvalue weighted by molar-refractivity contribution is 0.355. The van der Waals surface area contributed by atoms with Crippen LogP contribution in [0.5, 0.6) is 11.5 Å². The fourth-order valence-corrected chi connectivity index (χ4v) is 2.89. The molecule has 0 amide bonds. The van der Waals surface area contributed by atoms with Crippen molar-refractivity contribution >= 4 is 10.9 Å². The Labute approximate surface area is 146 Å². The van der Waals surface area contributed by atoms with Crippen molar-refractivity contribution in [1.29, 1.82) is 0 Å². The Hall–Kier alpha value is -2.89. The van der Waals surface area contributed by atoms with Crippen molar-refractivity contribution in [2.45, 2.75) is 26.3 Å². The third-order valence-electron chi connectivity index (χ3n) is 4.21. The normalized spacial score (nSPS) is 12.2. The molecule has 0 spiro atoms. The average Bonchev–Trinajstić information content (AvgIpc) is 2.61. The molecule has 0 N–H and O–H groups in total. The van der Waals surface area contributed by atoms with Gasteiger partial charge in [-0.25, -0.2) is 4.98 Å². The number of pyridine rings is 1. The zero-order valence-electron chi connectivity index (χ0n) is 14.8. The zero-order chi connectivity index (χ0) is 18.0. The molecule has 0 saturated heterocycles. The number of nitrogens with zero attached hydrogens (tertiary/aromatic N) is 3. The minimum atomic E-state index is -0.105. The Balaban J connectivity index is 2.02. The number of fused-ring (bicyclic) bond motifs is 1. The van der Waals surface area contributed by atoms with Crippen molar-refractivity contribution in [3.63, 3.8) is 0 Å². The van der Waals surface area contributed by atoms with E-state index in [4.69, 9.17) is 9.47 Å². The molecule has 0 aliphatic carbocycles. The zero-order valence-corrected chi connectivity index (χ0v) is 14.8. The maximum Gasteiger partial charge on any atom is 0.261 e. The number of benzene rings is 1. The molecule has 6 heteroatoms. The first-order chi connectivity index (χ1) is 12.0. The maximum absolute atomic E-state index is 12.9. The van der Waals surface area contributed by atoms with Gasteiger partial charge in [0.25, 0.3) is 5.56 Å². The fourth-order valence-electron chi connectivity index (χ4n) is 2.89. The molecule has 6 nitrogen and oxygen atoms in total. The SMILES string of the molecule is COc1cc2ncn(C(C)Cc3cccc(C)n3)c(=O)c2cc1OC. The fraction of sp³-hybridized carbons (Fsp3) is 0.316. The third-order valence-corrected chi connectivity index (χ3v) is 4.21. The summed E-state index contributed by atoms with van der Waals surface area (Å²) < 4.78 is 12.2.